The first-order valence-corrected chi connectivity index (χ1v) is 5.71. The molecular weight excluding hydrogens is 220 g/mol. The molecule has 0 aromatic heterocycles. The lowest BCUT2D eigenvalue weighted by Gasteiger charge is -2.07. The van der Waals surface area contributed by atoms with Crippen molar-refractivity contribution >= 4 is 5.97 Å². The first kappa shape index (κ1) is 13.4. The standard InChI is InChI=1S/C13H18O4/c1-3-4-5-17-13(16)8-10-7-11(14)9(2)6-12(10)15/h6-7,14-15H,3-5,8H2,1-2H3. The summed E-state index contributed by atoms with van der Waals surface area (Å²) in [5, 5.41) is 19.1. The summed E-state index contributed by atoms with van der Waals surface area (Å²) < 4.78 is 4.98. The molecule has 0 amide bonds. The molecule has 0 atom stereocenters. The summed E-state index contributed by atoms with van der Waals surface area (Å²) in [5.74, 6) is -0.316. The van der Waals surface area contributed by atoms with Gasteiger partial charge in [-0.25, -0.2) is 0 Å². The fraction of sp³-hybridized carbons (Fsp3) is 0.462. The van der Waals surface area contributed by atoms with E-state index in [2.05, 4.69) is 0 Å². The Balaban J connectivity index is 2.62. The van der Waals surface area contributed by atoms with E-state index in [1.807, 2.05) is 6.92 Å². The van der Waals surface area contributed by atoms with Crippen molar-refractivity contribution in [3.63, 3.8) is 0 Å². The second-order valence-corrected chi connectivity index (χ2v) is 4.02. The van der Waals surface area contributed by atoms with Crippen LogP contribution in [0.25, 0.3) is 0 Å². The molecule has 1 rings (SSSR count). The molecule has 0 saturated heterocycles. The minimum atomic E-state index is -0.392. The van der Waals surface area contributed by atoms with Crippen LogP contribution in [0.15, 0.2) is 12.1 Å². The molecule has 0 spiro atoms. The number of benzene rings is 1. The smallest absolute Gasteiger partial charge is 0.310 e. The number of aromatic hydroxyl groups is 2. The molecule has 0 radical (unpaired) electrons. The Labute approximate surface area is 101 Å². The zero-order chi connectivity index (χ0) is 12.8. The highest BCUT2D eigenvalue weighted by Crippen LogP contribution is 2.26. The average Bonchev–Trinajstić information content (AvgIpc) is 2.26. The van der Waals surface area contributed by atoms with Gasteiger partial charge in [-0.3, -0.25) is 4.79 Å². The Morgan fingerprint density at radius 2 is 2.00 bits per heavy atom. The first-order valence-electron chi connectivity index (χ1n) is 5.71. The van der Waals surface area contributed by atoms with E-state index in [9.17, 15) is 15.0 Å². The number of aryl methyl sites for hydroxylation is 1. The molecule has 1 aromatic carbocycles. The van der Waals surface area contributed by atoms with Crippen molar-refractivity contribution in [2.24, 2.45) is 0 Å². The van der Waals surface area contributed by atoms with Crippen LogP contribution in [-0.2, 0) is 16.0 Å². The lowest BCUT2D eigenvalue weighted by molar-refractivity contribution is -0.142. The van der Waals surface area contributed by atoms with E-state index in [1.54, 1.807) is 6.92 Å². The van der Waals surface area contributed by atoms with Gasteiger partial charge in [-0.1, -0.05) is 13.3 Å². The summed E-state index contributed by atoms with van der Waals surface area (Å²) in [7, 11) is 0. The van der Waals surface area contributed by atoms with Crippen LogP contribution in [0, 0.1) is 6.92 Å². The molecule has 94 valence electrons. The number of ether oxygens (including phenoxy) is 1. The lowest BCUT2D eigenvalue weighted by Crippen LogP contribution is -2.09. The molecule has 0 bridgehead atoms. The minimum absolute atomic E-state index is 0.00717. The van der Waals surface area contributed by atoms with Crippen LogP contribution in [0.2, 0.25) is 0 Å². The van der Waals surface area contributed by atoms with Gasteiger partial charge in [0, 0.05) is 5.56 Å². The van der Waals surface area contributed by atoms with Crippen LogP contribution < -0.4 is 0 Å². The van der Waals surface area contributed by atoms with Gasteiger partial charge in [0.15, 0.2) is 0 Å². The lowest BCUT2D eigenvalue weighted by atomic mass is 10.1. The fourth-order valence-corrected chi connectivity index (χ4v) is 1.40. The van der Waals surface area contributed by atoms with Crippen molar-refractivity contribution in [1.82, 2.24) is 0 Å². The summed E-state index contributed by atoms with van der Waals surface area (Å²) in [6.07, 6.45) is 1.77. The highest BCUT2D eigenvalue weighted by molar-refractivity contribution is 5.74. The van der Waals surface area contributed by atoms with Gasteiger partial charge < -0.3 is 14.9 Å². The normalized spacial score (nSPS) is 10.2. The number of hydrogen-bond acceptors (Lipinski definition) is 4. The van der Waals surface area contributed by atoms with Gasteiger partial charge >= 0.3 is 5.97 Å². The van der Waals surface area contributed by atoms with Gasteiger partial charge in [0.05, 0.1) is 13.0 Å². The maximum absolute atomic E-state index is 11.4. The third-order valence-electron chi connectivity index (χ3n) is 2.49. The second-order valence-electron chi connectivity index (χ2n) is 4.02. The van der Waals surface area contributed by atoms with Crippen LogP contribution in [-0.4, -0.2) is 22.8 Å². The van der Waals surface area contributed by atoms with Crippen LogP contribution in [0.1, 0.15) is 30.9 Å². The maximum Gasteiger partial charge on any atom is 0.310 e. The van der Waals surface area contributed by atoms with Gasteiger partial charge in [-0.05, 0) is 31.0 Å². The van der Waals surface area contributed by atoms with E-state index in [1.165, 1.54) is 12.1 Å². The summed E-state index contributed by atoms with van der Waals surface area (Å²) in [4.78, 5) is 11.4. The number of carbonyl (C=O) groups is 1. The van der Waals surface area contributed by atoms with E-state index >= 15 is 0 Å². The van der Waals surface area contributed by atoms with Crippen molar-refractivity contribution in [3.8, 4) is 11.5 Å². The Bertz CT molecular complexity index is 399. The molecule has 0 aliphatic rings. The summed E-state index contributed by atoms with van der Waals surface area (Å²) >= 11 is 0. The van der Waals surface area contributed by atoms with Gasteiger partial charge in [0.1, 0.15) is 11.5 Å². The van der Waals surface area contributed by atoms with E-state index in [-0.39, 0.29) is 17.9 Å². The van der Waals surface area contributed by atoms with Crippen LogP contribution >= 0.6 is 0 Å². The molecule has 17 heavy (non-hydrogen) atoms. The number of esters is 1. The molecule has 0 aliphatic carbocycles. The minimum Gasteiger partial charge on any atom is -0.508 e. The Morgan fingerprint density at radius 1 is 1.29 bits per heavy atom. The second kappa shape index (κ2) is 6.13. The molecule has 0 unspecified atom stereocenters. The van der Waals surface area contributed by atoms with Crippen molar-refractivity contribution in [2.75, 3.05) is 6.61 Å². The first-order chi connectivity index (χ1) is 8.04. The van der Waals surface area contributed by atoms with Gasteiger partial charge in [-0.15, -0.1) is 0 Å². The predicted molar refractivity (Wildman–Crippen MR) is 64.1 cm³/mol. The Morgan fingerprint density at radius 3 is 2.65 bits per heavy atom. The third-order valence-corrected chi connectivity index (χ3v) is 2.49. The number of phenolic OH excluding ortho intramolecular Hbond substituents is 2. The highest BCUT2D eigenvalue weighted by Gasteiger charge is 2.11. The Hall–Kier alpha value is -1.71. The largest absolute Gasteiger partial charge is 0.508 e. The van der Waals surface area contributed by atoms with Gasteiger partial charge in [-0.2, -0.15) is 0 Å². The molecule has 0 aliphatic heterocycles. The van der Waals surface area contributed by atoms with Crippen molar-refractivity contribution in [2.45, 2.75) is 33.1 Å². The third kappa shape index (κ3) is 3.98. The number of hydrogen-bond donors (Lipinski definition) is 2. The highest BCUT2D eigenvalue weighted by atomic mass is 16.5. The van der Waals surface area contributed by atoms with Crippen molar-refractivity contribution in [1.29, 1.82) is 0 Å². The van der Waals surface area contributed by atoms with E-state index < -0.39 is 5.97 Å². The van der Waals surface area contributed by atoms with Gasteiger partial charge in [0.2, 0.25) is 0 Å². The SMILES string of the molecule is CCCCOC(=O)Cc1cc(O)c(C)cc1O. The topological polar surface area (TPSA) is 66.8 Å². The number of unbranched alkanes of at least 4 members (excludes halogenated alkanes) is 1. The van der Waals surface area contributed by atoms with Crippen LogP contribution in [0.3, 0.4) is 0 Å². The molecule has 1 aromatic rings. The summed E-state index contributed by atoms with van der Waals surface area (Å²) in [5.41, 5.74) is 0.959. The zero-order valence-electron chi connectivity index (χ0n) is 10.2. The molecule has 0 saturated carbocycles. The monoisotopic (exact) mass is 238 g/mol. The molecule has 4 heteroatoms. The van der Waals surface area contributed by atoms with Crippen LogP contribution in [0.4, 0.5) is 0 Å². The average molecular weight is 238 g/mol. The number of carbonyl (C=O) groups excluding carboxylic acids is 1. The maximum atomic E-state index is 11.4. The van der Waals surface area contributed by atoms with Crippen molar-refractivity contribution < 1.29 is 19.7 Å². The molecule has 0 fully saturated rings. The molecule has 0 heterocycles. The quantitative estimate of drug-likeness (QED) is 0.469. The number of phenols is 2. The van der Waals surface area contributed by atoms with E-state index in [4.69, 9.17) is 4.74 Å². The fourth-order valence-electron chi connectivity index (χ4n) is 1.40. The van der Waals surface area contributed by atoms with Crippen LogP contribution in [0.5, 0.6) is 11.5 Å². The van der Waals surface area contributed by atoms with E-state index in [0.29, 0.717) is 17.7 Å². The molecular formula is C13H18O4. The predicted octanol–water partition coefficient (Wildman–Crippen LogP) is 2.29. The summed E-state index contributed by atoms with van der Waals surface area (Å²) in [6, 6.07) is 2.83. The van der Waals surface area contributed by atoms with E-state index in [0.717, 1.165) is 12.8 Å². The van der Waals surface area contributed by atoms with Crippen molar-refractivity contribution in [3.05, 3.63) is 23.3 Å². The molecule has 4 nitrogen and oxygen atoms in total. The number of rotatable bonds is 5. The molecule has 2 N–H and O–H groups in total. The zero-order valence-corrected chi connectivity index (χ0v) is 10.2. The van der Waals surface area contributed by atoms with Gasteiger partial charge in [0.25, 0.3) is 0 Å². The Kier molecular flexibility index (Phi) is 4.82. The summed E-state index contributed by atoms with van der Waals surface area (Å²) in [6.45, 7) is 4.09.